The number of aromatic nitrogens is 1. The molecule has 0 saturated heterocycles. The van der Waals surface area contributed by atoms with Crippen molar-refractivity contribution >= 4 is 0 Å². The second kappa shape index (κ2) is 6.51. The average molecular weight is 194 g/mol. The van der Waals surface area contributed by atoms with Crippen molar-refractivity contribution in [1.82, 2.24) is 10.3 Å². The highest BCUT2D eigenvalue weighted by Gasteiger charge is 2.10. The molecular formula is C11H18N2O. The Labute approximate surface area is 85.5 Å². The SMILES string of the molecule is CCCNC(COC)c1ccccn1. The summed E-state index contributed by atoms with van der Waals surface area (Å²) >= 11 is 0. The van der Waals surface area contributed by atoms with Crippen LogP contribution in [0.2, 0.25) is 0 Å². The van der Waals surface area contributed by atoms with Crippen molar-refractivity contribution in [1.29, 1.82) is 0 Å². The summed E-state index contributed by atoms with van der Waals surface area (Å²) in [5.74, 6) is 0. The van der Waals surface area contributed by atoms with Crippen molar-refractivity contribution in [3.63, 3.8) is 0 Å². The molecule has 0 bridgehead atoms. The number of nitrogens with one attached hydrogen (secondary N) is 1. The van der Waals surface area contributed by atoms with Gasteiger partial charge in [0.2, 0.25) is 0 Å². The van der Waals surface area contributed by atoms with Crippen LogP contribution in [0, 0.1) is 0 Å². The van der Waals surface area contributed by atoms with Crippen molar-refractivity contribution in [3.05, 3.63) is 30.1 Å². The Bertz CT molecular complexity index is 238. The van der Waals surface area contributed by atoms with Crippen LogP contribution in [-0.4, -0.2) is 25.2 Å². The molecule has 1 aromatic heterocycles. The fourth-order valence-electron chi connectivity index (χ4n) is 1.32. The molecule has 0 aliphatic heterocycles. The average Bonchev–Trinajstić information content (AvgIpc) is 2.25. The zero-order valence-electron chi connectivity index (χ0n) is 8.86. The number of methoxy groups -OCH3 is 1. The van der Waals surface area contributed by atoms with Crippen LogP contribution in [-0.2, 0) is 4.74 Å². The summed E-state index contributed by atoms with van der Waals surface area (Å²) in [5.41, 5.74) is 1.04. The van der Waals surface area contributed by atoms with Gasteiger partial charge < -0.3 is 10.1 Å². The molecule has 3 heteroatoms. The van der Waals surface area contributed by atoms with Gasteiger partial charge in [0.15, 0.2) is 0 Å². The number of ether oxygens (including phenoxy) is 1. The van der Waals surface area contributed by atoms with Gasteiger partial charge in [0, 0.05) is 13.3 Å². The van der Waals surface area contributed by atoms with Gasteiger partial charge in [-0.25, -0.2) is 0 Å². The molecule has 14 heavy (non-hydrogen) atoms. The third-order valence-corrected chi connectivity index (χ3v) is 2.02. The van der Waals surface area contributed by atoms with Gasteiger partial charge in [-0.2, -0.15) is 0 Å². The summed E-state index contributed by atoms with van der Waals surface area (Å²) in [4.78, 5) is 4.31. The summed E-state index contributed by atoms with van der Waals surface area (Å²) in [7, 11) is 1.71. The first-order chi connectivity index (χ1) is 6.88. The Morgan fingerprint density at radius 3 is 2.93 bits per heavy atom. The van der Waals surface area contributed by atoms with Gasteiger partial charge in [0.25, 0.3) is 0 Å². The monoisotopic (exact) mass is 194 g/mol. The zero-order chi connectivity index (χ0) is 10.2. The lowest BCUT2D eigenvalue weighted by atomic mass is 10.2. The summed E-state index contributed by atoms with van der Waals surface area (Å²) in [6, 6.07) is 6.15. The van der Waals surface area contributed by atoms with Crippen molar-refractivity contribution < 1.29 is 4.74 Å². The van der Waals surface area contributed by atoms with E-state index in [4.69, 9.17) is 4.74 Å². The molecule has 78 valence electrons. The fraction of sp³-hybridized carbons (Fsp3) is 0.545. The first-order valence-electron chi connectivity index (χ1n) is 5.01. The smallest absolute Gasteiger partial charge is 0.0732 e. The van der Waals surface area contributed by atoms with Crippen LogP contribution in [0.4, 0.5) is 0 Å². The lowest BCUT2D eigenvalue weighted by Crippen LogP contribution is -2.26. The summed E-state index contributed by atoms with van der Waals surface area (Å²) < 4.78 is 5.15. The minimum absolute atomic E-state index is 0.209. The molecule has 0 aliphatic rings. The van der Waals surface area contributed by atoms with E-state index in [-0.39, 0.29) is 6.04 Å². The summed E-state index contributed by atoms with van der Waals surface area (Å²) in [6.07, 6.45) is 2.93. The van der Waals surface area contributed by atoms with Gasteiger partial charge in [-0.05, 0) is 25.1 Å². The van der Waals surface area contributed by atoms with E-state index < -0.39 is 0 Å². The maximum Gasteiger partial charge on any atom is 0.0732 e. The molecule has 3 nitrogen and oxygen atoms in total. The van der Waals surface area contributed by atoms with Crippen molar-refractivity contribution in [2.45, 2.75) is 19.4 Å². The number of pyridine rings is 1. The lowest BCUT2D eigenvalue weighted by Gasteiger charge is -2.16. The van der Waals surface area contributed by atoms with E-state index in [2.05, 4.69) is 17.2 Å². The van der Waals surface area contributed by atoms with E-state index in [1.807, 2.05) is 24.4 Å². The van der Waals surface area contributed by atoms with Crippen LogP contribution in [0.1, 0.15) is 25.1 Å². The number of hydrogen-bond donors (Lipinski definition) is 1. The Hall–Kier alpha value is -0.930. The molecule has 1 aromatic rings. The number of nitrogens with zero attached hydrogens (tertiary/aromatic N) is 1. The van der Waals surface area contributed by atoms with E-state index in [1.165, 1.54) is 0 Å². The first kappa shape index (κ1) is 11.1. The van der Waals surface area contributed by atoms with Gasteiger partial charge in [0.1, 0.15) is 0 Å². The van der Waals surface area contributed by atoms with E-state index in [0.717, 1.165) is 18.7 Å². The molecule has 1 atom stereocenters. The molecule has 0 spiro atoms. The maximum absolute atomic E-state index is 5.15. The molecular weight excluding hydrogens is 176 g/mol. The first-order valence-corrected chi connectivity index (χ1v) is 5.01. The minimum atomic E-state index is 0.209. The van der Waals surface area contributed by atoms with Crippen molar-refractivity contribution in [2.24, 2.45) is 0 Å². The molecule has 1 N–H and O–H groups in total. The fourth-order valence-corrected chi connectivity index (χ4v) is 1.32. The molecule has 1 unspecified atom stereocenters. The third kappa shape index (κ3) is 3.44. The Balaban J connectivity index is 2.58. The summed E-state index contributed by atoms with van der Waals surface area (Å²) in [6.45, 7) is 3.80. The van der Waals surface area contributed by atoms with Gasteiger partial charge in [-0.1, -0.05) is 13.0 Å². The van der Waals surface area contributed by atoms with E-state index in [1.54, 1.807) is 7.11 Å². The van der Waals surface area contributed by atoms with Gasteiger partial charge in [-0.15, -0.1) is 0 Å². The van der Waals surface area contributed by atoms with E-state index in [9.17, 15) is 0 Å². The minimum Gasteiger partial charge on any atom is -0.383 e. The molecule has 1 heterocycles. The highest BCUT2D eigenvalue weighted by atomic mass is 16.5. The predicted octanol–water partition coefficient (Wildman–Crippen LogP) is 1.77. The highest BCUT2D eigenvalue weighted by molar-refractivity contribution is 5.08. The van der Waals surface area contributed by atoms with Crippen LogP contribution < -0.4 is 5.32 Å². The Kier molecular flexibility index (Phi) is 5.19. The van der Waals surface area contributed by atoms with Crippen LogP contribution in [0.25, 0.3) is 0 Å². The second-order valence-corrected chi connectivity index (χ2v) is 3.22. The van der Waals surface area contributed by atoms with E-state index in [0.29, 0.717) is 6.61 Å². The van der Waals surface area contributed by atoms with Crippen LogP contribution >= 0.6 is 0 Å². The molecule has 0 fully saturated rings. The molecule has 0 aromatic carbocycles. The van der Waals surface area contributed by atoms with Crippen molar-refractivity contribution in [3.8, 4) is 0 Å². The topological polar surface area (TPSA) is 34.1 Å². The second-order valence-electron chi connectivity index (χ2n) is 3.22. The normalized spacial score (nSPS) is 12.7. The highest BCUT2D eigenvalue weighted by Crippen LogP contribution is 2.09. The Morgan fingerprint density at radius 2 is 2.36 bits per heavy atom. The van der Waals surface area contributed by atoms with Gasteiger partial charge >= 0.3 is 0 Å². The standard InChI is InChI=1S/C11H18N2O/c1-3-7-12-11(9-14-2)10-6-4-5-8-13-10/h4-6,8,11-12H,3,7,9H2,1-2H3. The lowest BCUT2D eigenvalue weighted by molar-refractivity contribution is 0.165. The van der Waals surface area contributed by atoms with Gasteiger partial charge in [-0.3, -0.25) is 4.98 Å². The van der Waals surface area contributed by atoms with Gasteiger partial charge in [0.05, 0.1) is 18.3 Å². The number of hydrogen-bond acceptors (Lipinski definition) is 3. The molecule has 0 amide bonds. The predicted molar refractivity (Wildman–Crippen MR) is 57.1 cm³/mol. The van der Waals surface area contributed by atoms with Crippen LogP contribution in [0.15, 0.2) is 24.4 Å². The molecule has 0 saturated carbocycles. The van der Waals surface area contributed by atoms with E-state index >= 15 is 0 Å². The quantitative estimate of drug-likeness (QED) is 0.749. The van der Waals surface area contributed by atoms with Crippen molar-refractivity contribution in [2.75, 3.05) is 20.3 Å². The van der Waals surface area contributed by atoms with Crippen LogP contribution in [0.5, 0.6) is 0 Å². The molecule has 0 radical (unpaired) electrons. The Morgan fingerprint density at radius 1 is 1.50 bits per heavy atom. The molecule has 0 aliphatic carbocycles. The molecule has 1 rings (SSSR count). The number of rotatable bonds is 6. The zero-order valence-corrected chi connectivity index (χ0v) is 8.86. The third-order valence-electron chi connectivity index (χ3n) is 2.02. The maximum atomic E-state index is 5.15. The largest absolute Gasteiger partial charge is 0.383 e. The summed E-state index contributed by atoms with van der Waals surface area (Å²) in [5, 5.41) is 3.40. The van der Waals surface area contributed by atoms with Crippen LogP contribution in [0.3, 0.4) is 0 Å².